The van der Waals surface area contributed by atoms with Gasteiger partial charge in [0.05, 0.1) is 12.7 Å². The van der Waals surface area contributed by atoms with E-state index in [1.807, 2.05) is 6.92 Å². The Hall–Kier alpha value is -0.630. The Morgan fingerprint density at radius 1 is 1.47 bits per heavy atom. The van der Waals surface area contributed by atoms with E-state index in [1.54, 1.807) is 7.11 Å². The summed E-state index contributed by atoms with van der Waals surface area (Å²) >= 11 is 0. The van der Waals surface area contributed by atoms with Crippen molar-refractivity contribution in [3.63, 3.8) is 0 Å². The summed E-state index contributed by atoms with van der Waals surface area (Å²) in [5.41, 5.74) is -0.478. The van der Waals surface area contributed by atoms with Gasteiger partial charge in [0.2, 0.25) is 0 Å². The van der Waals surface area contributed by atoms with E-state index in [4.69, 9.17) is 4.74 Å². The second-order valence-electron chi connectivity index (χ2n) is 4.93. The third-order valence-electron chi connectivity index (χ3n) is 2.84. The molecule has 0 fully saturated rings. The van der Waals surface area contributed by atoms with Crippen LogP contribution in [0.1, 0.15) is 34.1 Å². The van der Waals surface area contributed by atoms with E-state index < -0.39 is 5.54 Å². The molecule has 0 aliphatic heterocycles. The SMILES string of the molecule is CCCNC(C)(C#N)CN(CCOC)C(C)C. The number of nitrogens with zero attached hydrogens (tertiary/aromatic N) is 2. The summed E-state index contributed by atoms with van der Waals surface area (Å²) < 4.78 is 5.11. The van der Waals surface area contributed by atoms with Crippen molar-refractivity contribution in [3.8, 4) is 6.07 Å². The highest BCUT2D eigenvalue weighted by atomic mass is 16.5. The number of hydrogen-bond acceptors (Lipinski definition) is 4. The Kier molecular flexibility index (Phi) is 8.15. The van der Waals surface area contributed by atoms with Crippen molar-refractivity contribution < 1.29 is 4.74 Å². The molecule has 4 nitrogen and oxygen atoms in total. The smallest absolute Gasteiger partial charge is 0.116 e. The number of ether oxygens (including phenoxy) is 1. The molecule has 4 heteroatoms. The van der Waals surface area contributed by atoms with Gasteiger partial charge in [-0.25, -0.2) is 0 Å². The molecule has 0 aliphatic rings. The normalized spacial score (nSPS) is 14.9. The molecule has 0 bridgehead atoms. The standard InChI is InChI=1S/C13H27N3O/c1-6-7-15-13(4,10-14)11-16(12(2)3)8-9-17-5/h12,15H,6-9,11H2,1-5H3. The summed E-state index contributed by atoms with van der Waals surface area (Å²) in [4.78, 5) is 2.27. The van der Waals surface area contributed by atoms with Crippen LogP contribution in [0.25, 0.3) is 0 Å². The van der Waals surface area contributed by atoms with Crippen LogP contribution >= 0.6 is 0 Å². The van der Waals surface area contributed by atoms with Gasteiger partial charge in [-0.1, -0.05) is 6.92 Å². The van der Waals surface area contributed by atoms with Gasteiger partial charge in [0.1, 0.15) is 5.54 Å². The molecule has 0 rings (SSSR count). The molecule has 0 aromatic rings. The number of hydrogen-bond donors (Lipinski definition) is 1. The van der Waals surface area contributed by atoms with Crippen LogP contribution in [-0.4, -0.2) is 49.8 Å². The average molecular weight is 241 g/mol. The summed E-state index contributed by atoms with van der Waals surface area (Å²) in [7, 11) is 1.71. The van der Waals surface area contributed by atoms with Crippen molar-refractivity contribution in [2.24, 2.45) is 0 Å². The molecule has 0 aliphatic carbocycles. The quantitative estimate of drug-likeness (QED) is 0.666. The van der Waals surface area contributed by atoms with Crippen LogP contribution in [0.5, 0.6) is 0 Å². The van der Waals surface area contributed by atoms with Crippen LogP contribution in [0.3, 0.4) is 0 Å². The van der Waals surface area contributed by atoms with Crippen molar-refractivity contribution >= 4 is 0 Å². The molecule has 0 saturated carbocycles. The van der Waals surface area contributed by atoms with Crippen LogP contribution in [0.15, 0.2) is 0 Å². The first-order chi connectivity index (χ1) is 7.99. The van der Waals surface area contributed by atoms with E-state index in [-0.39, 0.29) is 0 Å². The average Bonchev–Trinajstić information content (AvgIpc) is 2.31. The van der Waals surface area contributed by atoms with Gasteiger partial charge in [0.15, 0.2) is 0 Å². The topological polar surface area (TPSA) is 48.3 Å². The highest BCUT2D eigenvalue weighted by Crippen LogP contribution is 2.09. The number of methoxy groups -OCH3 is 1. The lowest BCUT2D eigenvalue weighted by Crippen LogP contribution is -2.52. The van der Waals surface area contributed by atoms with Crippen LogP contribution in [0.4, 0.5) is 0 Å². The molecule has 0 aromatic heterocycles. The highest BCUT2D eigenvalue weighted by molar-refractivity contribution is 5.06. The summed E-state index contributed by atoms with van der Waals surface area (Å²) in [5, 5.41) is 12.6. The van der Waals surface area contributed by atoms with Crippen molar-refractivity contribution in [2.45, 2.75) is 45.7 Å². The van der Waals surface area contributed by atoms with Gasteiger partial charge in [-0.05, 0) is 33.7 Å². The van der Waals surface area contributed by atoms with Crippen molar-refractivity contribution in [3.05, 3.63) is 0 Å². The summed E-state index contributed by atoms with van der Waals surface area (Å²) in [6.07, 6.45) is 1.04. The lowest BCUT2D eigenvalue weighted by molar-refractivity contribution is 0.114. The van der Waals surface area contributed by atoms with Crippen molar-refractivity contribution in [2.75, 3.05) is 33.4 Å². The van der Waals surface area contributed by atoms with Gasteiger partial charge in [0.25, 0.3) is 0 Å². The zero-order valence-electron chi connectivity index (χ0n) is 11.9. The van der Waals surface area contributed by atoms with E-state index in [9.17, 15) is 5.26 Å². The fraction of sp³-hybridized carbons (Fsp3) is 0.923. The van der Waals surface area contributed by atoms with Gasteiger partial charge in [-0.2, -0.15) is 5.26 Å². The third-order valence-corrected chi connectivity index (χ3v) is 2.84. The Balaban J connectivity index is 4.42. The summed E-state index contributed by atoms with van der Waals surface area (Å²) in [6.45, 7) is 11.5. The molecule has 0 amide bonds. The fourth-order valence-electron chi connectivity index (χ4n) is 1.67. The zero-order chi connectivity index (χ0) is 13.3. The maximum absolute atomic E-state index is 9.30. The van der Waals surface area contributed by atoms with E-state index in [0.717, 1.165) is 26.1 Å². The molecule has 0 saturated heterocycles. The first-order valence-corrected chi connectivity index (χ1v) is 6.38. The lowest BCUT2D eigenvalue weighted by Gasteiger charge is -2.33. The number of rotatable bonds is 9. The predicted octanol–water partition coefficient (Wildman–Crippen LogP) is 1.63. The molecule has 1 atom stereocenters. The molecule has 1 N–H and O–H groups in total. The second kappa shape index (κ2) is 8.46. The van der Waals surface area contributed by atoms with Crippen molar-refractivity contribution in [1.82, 2.24) is 10.2 Å². The molecule has 100 valence electrons. The molecule has 0 heterocycles. The Labute approximate surface area is 106 Å². The van der Waals surface area contributed by atoms with Crippen LogP contribution in [0.2, 0.25) is 0 Å². The van der Waals surface area contributed by atoms with Crippen LogP contribution < -0.4 is 5.32 Å². The monoisotopic (exact) mass is 241 g/mol. The first kappa shape index (κ1) is 16.4. The molecule has 17 heavy (non-hydrogen) atoms. The van der Waals surface area contributed by atoms with Crippen LogP contribution in [0, 0.1) is 11.3 Å². The fourth-order valence-corrected chi connectivity index (χ4v) is 1.67. The highest BCUT2D eigenvalue weighted by Gasteiger charge is 2.27. The van der Waals surface area contributed by atoms with E-state index in [2.05, 4.69) is 37.1 Å². The minimum Gasteiger partial charge on any atom is -0.383 e. The molecular weight excluding hydrogens is 214 g/mol. The number of nitrogens with one attached hydrogen (secondary N) is 1. The van der Waals surface area contributed by atoms with Crippen LogP contribution in [-0.2, 0) is 4.74 Å². The minimum absolute atomic E-state index is 0.418. The second-order valence-corrected chi connectivity index (χ2v) is 4.93. The van der Waals surface area contributed by atoms with Gasteiger partial charge in [-0.15, -0.1) is 0 Å². The summed E-state index contributed by atoms with van der Waals surface area (Å²) in [5.74, 6) is 0. The Morgan fingerprint density at radius 3 is 2.53 bits per heavy atom. The minimum atomic E-state index is -0.478. The molecule has 0 radical (unpaired) electrons. The van der Waals surface area contributed by atoms with Gasteiger partial charge in [0, 0.05) is 26.2 Å². The van der Waals surface area contributed by atoms with Gasteiger partial charge < -0.3 is 4.74 Å². The molecule has 0 spiro atoms. The molecule has 1 unspecified atom stereocenters. The Morgan fingerprint density at radius 2 is 2.12 bits per heavy atom. The molecular formula is C13H27N3O. The maximum Gasteiger partial charge on any atom is 0.116 e. The van der Waals surface area contributed by atoms with E-state index >= 15 is 0 Å². The van der Waals surface area contributed by atoms with Gasteiger partial charge in [-0.3, -0.25) is 10.2 Å². The lowest BCUT2D eigenvalue weighted by atomic mass is 10.0. The first-order valence-electron chi connectivity index (χ1n) is 6.38. The molecule has 0 aromatic carbocycles. The van der Waals surface area contributed by atoms with Gasteiger partial charge >= 0.3 is 0 Å². The van der Waals surface area contributed by atoms with E-state index in [1.165, 1.54) is 0 Å². The largest absolute Gasteiger partial charge is 0.383 e. The van der Waals surface area contributed by atoms with Crippen molar-refractivity contribution in [1.29, 1.82) is 5.26 Å². The zero-order valence-corrected chi connectivity index (χ0v) is 11.9. The maximum atomic E-state index is 9.30. The predicted molar refractivity (Wildman–Crippen MR) is 70.9 cm³/mol. The van der Waals surface area contributed by atoms with E-state index in [0.29, 0.717) is 12.6 Å². The Bertz CT molecular complexity index is 237. The number of nitriles is 1. The third kappa shape index (κ3) is 6.62. The summed E-state index contributed by atoms with van der Waals surface area (Å²) in [6, 6.07) is 2.80.